The Balaban J connectivity index is 1.18. The van der Waals surface area contributed by atoms with Crippen molar-refractivity contribution < 1.29 is 0 Å². The molecule has 2 aromatic heterocycles. The van der Waals surface area contributed by atoms with Gasteiger partial charge < -0.3 is 4.57 Å². The predicted molar refractivity (Wildman–Crippen MR) is 282 cm³/mol. The van der Waals surface area contributed by atoms with E-state index in [1.54, 1.807) is 0 Å². The van der Waals surface area contributed by atoms with Crippen molar-refractivity contribution in [3.05, 3.63) is 254 Å². The Bertz CT molecular complexity index is 3680. The van der Waals surface area contributed by atoms with Gasteiger partial charge in [-0.05, 0) is 87.0 Å². The van der Waals surface area contributed by atoms with Crippen molar-refractivity contribution in [2.24, 2.45) is 0 Å². The molecule has 0 aliphatic rings. The molecule has 0 radical (unpaired) electrons. The number of benzene rings is 10. The average molecular weight is 880 g/mol. The normalized spacial score (nSPS) is 11.2. The first-order valence-corrected chi connectivity index (χ1v) is 23.1. The second kappa shape index (κ2) is 17.7. The molecule has 322 valence electrons. The molecule has 12 aromatic rings. The number of fused-ring (bicyclic) bond motifs is 3. The minimum absolute atomic E-state index is 0.562. The quantitative estimate of drug-likeness (QED) is 0.145. The van der Waals surface area contributed by atoms with Crippen molar-refractivity contribution >= 4 is 21.8 Å². The first kappa shape index (κ1) is 41.0. The van der Waals surface area contributed by atoms with Crippen molar-refractivity contribution in [3.63, 3.8) is 0 Å². The highest BCUT2D eigenvalue weighted by atomic mass is 15.0. The maximum atomic E-state index is 10.3. The van der Waals surface area contributed by atoms with Crippen molar-refractivity contribution in [1.29, 1.82) is 5.26 Å². The van der Waals surface area contributed by atoms with Crippen molar-refractivity contribution in [1.82, 2.24) is 19.5 Å². The zero-order valence-corrected chi connectivity index (χ0v) is 37.4. The van der Waals surface area contributed by atoms with Crippen LogP contribution in [0.1, 0.15) is 5.56 Å². The first-order chi connectivity index (χ1) is 34.1. The highest BCUT2D eigenvalue weighted by Gasteiger charge is 2.24. The van der Waals surface area contributed by atoms with Gasteiger partial charge >= 0.3 is 0 Å². The third kappa shape index (κ3) is 7.82. The summed E-state index contributed by atoms with van der Waals surface area (Å²) in [4.78, 5) is 15.6. The van der Waals surface area contributed by atoms with Crippen LogP contribution >= 0.6 is 0 Å². The minimum atomic E-state index is 0.562. The van der Waals surface area contributed by atoms with Gasteiger partial charge in [-0.15, -0.1) is 0 Å². The van der Waals surface area contributed by atoms with Gasteiger partial charge in [-0.1, -0.05) is 206 Å². The summed E-state index contributed by atoms with van der Waals surface area (Å²) in [5, 5.41) is 12.3. The summed E-state index contributed by atoms with van der Waals surface area (Å²) in [7, 11) is 0. The molecule has 0 saturated heterocycles. The molecule has 5 heteroatoms. The Labute approximate surface area is 400 Å². The monoisotopic (exact) mass is 879 g/mol. The van der Waals surface area contributed by atoms with Crippen LogP contribution in [0.25, 0.3) is 117 Å². The van der Waals surface area contributed by atoms with Crippen LogP contribution in [0.2, 0.25) is 0 Å². The predicted octanol–water partition coefficient (Wildman–Crippen LogP) is 16.2. The molecule has 0 N–H and O–H groups in total. The molecule has 0 unspecified atom stereocenters. The lowest BCUT2D eigenvalue weighted by Gasteiger charge is -2.21. The van der Waals surface area contributed by atoms with E-state index in [2.05, 4.69) is 168 Å². The molecular weight excluding hydrogens is 839 g/mol. The first-order valence-electron chi connectivity index (χ1n) is 23.1. The maximum Gasteiger partial charge on any atom is 0.164 e. The van der Waals surface area contributed by atoms with E-state index >= 15 is 0 Å². The molecule has 12 rings (SSSR count). The highest BCUT2D eigenvalue weighted by molar-refractivity contribution is 6.12. The average Bonchev–Trinajstić information content (AvgIpc) is 3.76. The third-order valence-corrected chi connectivity index (χ3v) is 12.9. The lowest BCUT2D eigenvalue weighted by molar-refractivity contribution is 1.07. The second-order valence-corrected chi connectivity index (χ2v) is 17.1. The van der Waals surface area contributed by atoms with Crippen LogP contribution in [-0.2, 0) is 0 Å². The fraction of sp³-hybridized carbons (Fsp3) is 0. The Morgan fingerprint density at radius 1 is 0.290 bits per heavy atom. The van der Waals surface area contributed by atoms with E-state index in [0.717, 1.165) is 99.8 Å². The number of nitriles is 1. The van der Waals surface area contributed by atoms with E-state index in [4.69, 9.17) is 15.0 Å². The molecular formula is C64H41N5. The summed E-state index contributed by atoms with van der Waals surface area (Å²) in [6, 6.07) is 89.0. The van der Waals surface area contributed by atoms with Gasteiger partial charge in [0.15, 0.2) is 17.5 Å². The molecule has 10 aromatic carbocycles. The van der Waals surface area contributed by atoms with E-state index in [-0.39, 0.29) is 0 Å². The Morgan fingerprint density at radius 2 is 0.623 bits per heavy atom. The van der Waals surface area contributed by atoms with Gasteiger partial charge in [0, 0.05) is 38.6 Å². The molecule has 0 aliphatic carbocycles. The second-order valence-electron chi connectivity index (χ2n) is 17.1. The van der Waals surface area contributed by atoms with Gasteiger partial charge in [0.25, 0.3) is 0 Å². The van der Waals surface area contributed by atoms with Crippen LogP contribution in [0.3, 0.4) is 0 Å². The molecule has 0 bridgehead atoms. The molecule has 5 nitrogen and oxygen atoms in total. The number of rotatable bonds is 9. The molecule has 0 aliphatic heterocycles. The lowest BCUT2D eigenvalue weighted by atomic mass is 9.91. The van der Waals surface area contributed by atoms with Crippen molar-refractivity contribution in [2.45, 2.75) is 0 Å². The van der Waals surface area contributed by atoms with Crippen molar-refractivity contribution in [2.75, 3.05) is 0 Å². The summed E-state index contributed by atoms with van der Waals surface area (Å²) < 4.78 is 2.39. The molecule has 69 heavy (non-hydrogen) atoms. The van der Waals surface area contributed by atoms with Crippen LogP contribution in [0.15, 0.2) is 249 Å². The SMILES string of the molecule is N#Cc1ccc2c(c1)c1cc(-c3ccccc3)ccc1n2-c1c(-c2ccc(-c3ccccc3)cc2)cc(-c2nc(-c3ccccc3)nc(-c3ccccc3)n2)cc1-c1ccc(-c2ccccc2)cc1. The van der Waals surface area contributed by atoms with Crippen LogP contribution in [-0.4, -0.2) is 19.5 Å². The van der Waals surface area contributed by atoms with E-state index in [0.29, 0.717) is 23.0 Å². The zero-order valence-electron chi connectivity index (χ0n) is 37.4. The van der Waals surface area contributed by atoms with Crippen LogP contribution in [0, 0.1) is 11.3 Å². The van der Waals surface area contributed by atoms with Crippen LogP contribution in [0.5, 0.6) is 0 Å². The van der Waals surface area contributed by atoms with Crippen LogP contribution in [0.4, 0.5) is 0 Å². The van der Waals surface area contributed by atoms with Crippen molar-refractivity contribution in [3.8, 4) is 102 Å². The number of hydrogen-bond donors (Lipinski definition) is 0. The standard InChI is InChI=1S/C64H41N5/c65-42-43-26-36-59-57(38-43)58-39-53(46-20-10-3-11-21-46)35-37-60(58)69(59)61-55(49-31-27-47(28-32-49)44-16-6-1-7-17-44)40-54(41-56(61)50-33-29-48(30-34-50)45-18-8-2-9-19-45)64-67-62(51-22-12-4-13-23-51)66-63(68-64)52-24-14-5-15-25-52/h1-41H. The summed E-state index contributed by atoms with van der Waals surface area (Å²) in [6.07, 6.45) is 0. The number of aromatic nitrogens is 4. The van der Waals surface area contributed by atoms with E-state index in [9.17, 15) is 5.26 Å². The van der Waals surface area contributed by atoms with Crippen LogP contribution < -0.4 is 0 Å². The van der Waals surface area contributed by atoms with Gasteiger partial charge in [-0.25, -0.2) is 15.0 Å². The minimum Gasteiger partial charge on any atom is -0.308 e. The van der Waals surface area contributed by atoms with E-state index in [1.807, 2.05) is 91.0 Å². The Kier molecular flexibility index (Phi) is 10.5. The summed E-state index contributed by atoms with van der Waals surface area (Å²) >= 11 is 0. The molecule has 0 fully saturated rings. The van der Waals surface area contributed by atoms with Gasteiger partial charge in [0.05, 0.1) is 28.4 Å². The fourth-order valence-corrected chi connectivity index (χ4v) is 9.47. The molecule has 2 heterocycles. The van der Waals surface area contributed by atoms with E-state index < -0.39 is 0 Å². The van der Waals surface area contributed by atoms with E-state index in [1.165, 1.54) is 0 Å². The largest absolute Gasteiger partial charge is 0.308 e. The van der Waals surface area contributed by atoms with Gasteiger partial charge in [-0.3, -0.25) is 0 Å². The molecule has 0 atom stereocenters. The lowest BCUT2D eigenvalue weighted by Crippen LogP contribution is -2.04. The smallest absolute Gasteiger partial charge is 0.164 e. The molecule has 0 saturated carbocycles. The zero-order chi connectivity index (χ0) is 46.1. The Morgan fingerprint density at radius 3 is 1.06 bits per heavy atom. The Hall–Kier alpha value is -9.50. The topological polar surface area (TPSA) is 67.4 Å². The molecule has 0 amide bonds. The van der Waals surface area contributed by atoms with Gasteiger partial charge in [0.1, 0.15) is 0 Å². The number of hydrogen-bond acceptors (Lipinski definition) is 4. The fourth-order valence-electron chi connectivity index (χ4n) is 9.47. The highest BCUT2D eigenvalue weighted by Crippen LogP contribution is 2.45. The summed E-state index contributed by atoms with van der Waals surface area (Å²) in [6.45, 7) is 0. The molecule has 0 spiro atoms. The summed E-state index contributed by atoms with van der Waals surface area (Å²) in [5.74, 6) is 1.75. The third-order valence-electron chi connectivity index (χ3n) is 12.9. The summed E-state index contributed by atoms with van der Waals surface area (Å²) in [5.41, 5.74) is 17.1. The maximum absolute atomic E-state index is 10.3. The van der Waals surface area contributed by atoms with Gasteiger partial charge in [0.2, 0.25) is 0 Å². The number of nitrogens with zero attached hydrogens (tertiary/aromatic N) is 5. The van der Waals surface area contributed by atoms with Gasteiger partial charge in [-0.2, -0.15) is 5.26 Å².